The van der Waals surface area contributed by atoms with Gasteiger partial charge in [0.1, 0.15) is 0 Å². The Bertz CT molecular complexity index is 1030. The van der Waals surface area contributed by atoms with E-state index >= 15 is 0 Å². The maximum absolute atomic E-state index is 14.0. The van der Waals surface area contributed by atoms with Crippen LogP contribution in [0.15, 0.2) is 42.5 Å². The number of hydrogen-bond donors (Lipinski definition) is 1. The Kier molecular flexibility index (Phi) is 6.30. The van der Waals surface area contributed by atoms with Crippen molar-refractivity contribution in [3.8, 4) is 0 Å². The number of benzene rings is 2. The van der Waals surface area contributed by atoms with Crippen LogP contribution in [0.3, 0.4) is 0 Å². The van der Waals surface area contributed by atoms with Crippen molar-refractivity contribution >= 4 is 34.8 Å². The summed E-state index contributed by atoms with van der Waals surface area (Å²) < 4.78 is 0. The van der Waals surface area contributed by atoms with Gasteiger partial charge in [0.2, 0.25) is 5.91 Å². The third-order valence-electron chi connectivity index (χ3n) is 7.00. The normalized spacial score (nSPS) is 21.3. The second-order valence-corrected chi connectivity index (χ2v) is 9.90. The molecule has 1 N–H and O–H groups in total. The minimum absolute atomic E-state index is 0.000762. The molecule has 0 bridgehead atoms. The van der Waals surface area contributed by atoms with Gasteiger partial charge in [-0.3, -0.25) is 9.59 Å². The molecule has 0 radical (unpaired) electrons. The summed E-state index contributed by atoms with van der Waals surface area (Å²) in [5.41, 5.74) is 3.24. The Labute approximate surface area is 200 Å². The van der Waals surface area contributed by atoms with Gasteiger partial charge < -0.3 is 20.0 Å². The van der Waals surface area contributed by atoms with Crippen LogP contribution in [0, 0.1) is 5.92 Å². The molecule has 6 nitrogen and oxygen atoms in total. The Morgan fingerprint density at radius 2 is 1.73 bits per heavy atom. The van der Waals surface area contributed by atoms with Gasteiger partial charge in [0.15, 0.2) is 0 Å². The smallest absolute Gasteiger partial charge is 0.256 e. The van der Waals surface area contributed by atoms with Gasteiger partial charge in [-0.2, -0.15) is 0 Å². The first kappa shape index (κ1) is 22.2. The van der Waals surface area contributed by atoms with E-state index in [2.05, 4.69) is 34.3 Å². The zero-order valence-corrected chi connectivity index (χ0v) is 19.9. The summed E-state index contributed by atoms with van der Waals surface area (Å²) in [6, 6.07) is 13.9. The molecule has 2 aromatic rings. The lowest BCUT2D eigenvalue weighted by atomic mass is 10.0. The Hall–Kier alpha value is -2.57. The molecule has 1 aliphatic carbocycles. The Balaban J connectivity index is 1.50. The topological polar surface area (TPSA) is 55.9 Å². The van der Waals surface area contributed by atoms with Crippen LogP contribution in [0.5, 0.6) is 0 Å². The van der Waals surface area contributed by atoms with Gasteiger partial charge >= 0.3 is 0 Å². The molecule has 0 spiro atoms. The minimum Gasteiger partial charge on any atom is -0.371 e. The van der Waals surface area contributed by atoms with E-state index < -0.39 is 0 Å². The molecule has 1 saturated carbocycles. The van der Waals surface area contributed by atoms with E-state index in [-0.39, 0.29) is 23.8 Å². The van der Waals surface area contributed by atoms with Crippen molar-refractivity contribution in [2.75, 3.05) is 50.0 Å². The van der Waals surface area contributed by atoms with E-state index in [1.165, 1.54) is 0 Å². The Morgan fingerprint density at radius 1 is 1.00 bits per heavy atom. The van der Waals surface area contributed by atoms with Crippen molar-refractivity contribution < 1.29 is 9.59 Å². The zero-order valence-electron chi connectivity index (χ0n) is 19.1. The van der Waals surface area contributed by atoms with E-state index in [1.807, 2.05) is 29.2 Å². The third-order valence-corrected chi connectivity index (χ3v) is 7.31. The number of anilines is 2. The molecule has 2 saturated heterocycles. The highest BCUT2D eigenvalue weighted by Gasteiger charge is 2.34. The molecule has 0 aromatic heterocycles. The van der Waals surface area contributed by atoms with Crippen molar-refractivity contribution in [2.24, 2.45) is 5.92 Å². The third kappa shape index (κ3) is 4.73. The zero-order chi connectivity index (χ0) is 22.9. The minimum atomic E-state index is -0.0168. The van der Waals surface area contributed by atoms with Crippen LogP contribution in [0.4, 0.5) is 11.4 Å². The van der Waals surface area contributed by atoms with Crippen molar-refractivity contribution in [2.45, 2.75) is 31.7 Å². The highest BCUT2D eigenvalue weighted by atomic mass is 35.5. The van der Waals surface area contributed by atoms with E-state index in [4.69, 9.17) is 11.6 Å². The molecule has 2 amide bonds. The van der Waals surface area contributed by atoms with Crippen LogP contribution in [0.1, 0.15) is 47.6 Å². The second kappa shape index (κ2) is 9.35. The molecular weight excluding hydrogens is 436 g/mol. The van der Waals surface area contributed by atoms with Crippen LogP contribution in [-0.4, -0.2) is 61.4 Å². The lowest BCUT2D eigenvalue weighted by Gasteiger charge is -2.41. The highest BCUT2D eigenvalue weighted by Crippen LogP contribution is 2.38. The van der Waals surface area contributed by atoms with Gasteiger partial charge in [0.05, 0.1) is 28.0 Å². The molecule has 3 fully saturated rings. The predicted molar refractivity (Wildman–Crippen MR) is 132 cm³/mol. The van der Waals surface area contributed by atoms with Crippen LogP contribution in [-0.2, 0) is 4.79 Å². The molecule has 3 aliphatic rings. The number of hydrogen-bond acceptors (Lipinski definition) is 4. The monoisotopic (exact) mass is 466 g/mol. The summed E-state index contributed by atoms with van der Waals surface area (Å²) in [5.74, 6) is 0.113. The molecule has 7 heteroatoms. The average molecular weight is 467 g/mol. The summed E-state index contributed by atoms with van der Waals surface area (Å²) in [6.07, 6.45) is 4.06. The molecule has 1 atom stereocenters. The number of carbonyl (C=O) groups is 2. The fourth-order valence-electron chi connectivity index (χ4n) is 4.91. The summed E-state index contributed by atoms with van der Waals surface area (Å²) >= 11 is 6.62. The highest BCUT2D eigenvalue weighted by molar-refractivity contribution is 6.34. The van der Waals surface area contributed by atoms with Crippen LogP contribution >= 0.6 is 11.6 Å². The maximum atomic E-state index is 14.0. The molecule has 174 valence electrons. The average Bonchev–Trinajstić information content (AvgIpc) is 3.55. The van der Waals surface area contributed by atoms with Gasteiger partial charge in [0.25, 0.3) is 5.91 Å². The van der Waals surface area contributed by atoms with Crippen molar-refractivity contribution in [3.05, 3.63) is 58.6 Å². The van der Waals surface area contributed by atoms with Crippen LogP contribution in [0.25, 0.3) is 0 Å². The molecule has 0 unspecified atom stereocenters. The first-order valence-corrected chi connectivity index (χ1v) is 12.3. The first-order valence-electron chi connectivity index (χ1n) is 11.9. The summed E-state index contributed by atoms with van der Waals surface area (Å²) in [7, 11) is 2.10. The van der Waals surface area contributed by atoms with Crippen molar-refractivity contribution in [3.63, 3.8) is 0 Å². The van der Waals surface area contributed by atoms with Gasteiger partial charge in [-0.1, -0.05) is 41.9 Å². The van der Waals surface area contributed by atoms with Gasteiger partial charge in [-0.15, -0.1) is 0 Å². The summed E-state index contributed by atoms with van der Waals surface area (Å²) in [4.78, 5) is 32.9. The fourth-order valence-corrected chi connectivity index (χ4v) is 5.12. The Morgan fingerprint density at radius 3 is 2.42 bits per heavy atom. The van der Waals surface area contributed by atoms with Crippen LogP contribution < -0.4 is 10.2 Å². The number of halogens is 1. The molecule has 2 aromatic carbocycles. The van der Waals surface area contributed by atoms with Gasteiger partial charge in [-0.25, -0.2) is 0 Å². The summed E-state index contributed by atoms with van der Waals surface area (Å²) in [5, 5.41) is 3.41. The largest absolute Gasteiger partial charge is 0.371 e. The van der Waals surface area contributed by atoms with Crippen molar-refractivity contribution in [1.29, 1.82) is 0 Å². The number of amides is 2. The molecule has 2 aliphatic heterocycles. The maximum Gasteiger partial charge on any atom is 0.256 e. The van der Waals surface area contributed by atoms with Gasteiger partial charge in [0, 0.05) is 38.6 Å². The first-order chi connectivity index (χ1) is 16.0. The van der Waals surface area contributed by atoms with Crippen molar-refractivity contribution in [1.82, 2.24) is 9.80 Å². The van der Waals surface area contributed by atoms with E-state index in [1.54, 1.807) is 6.07 Å². The standard InChI is InChI=1S/C26H31ClN4O2/c1-29-13-14-31(24(17-29)18-7-3-2-4-8-18)26(33)20-15-21(27)22(28-25(32)19-9-10-19)16-23(20)30-11-5-6-12-30/h2-4,7-8,15-16,19,24H,5-6,9-14,17H2,1H3,(H,28,32)/t24-/m1/s1. The number of nitrogens with zero attached hydrogens (tertiary/aromatic N) is 3. The van der Waals surface area contributed by atoms with E-state index in [0.29, 0.717) is 22.8 Å². The molecule has 5 rings (SSSR count). The summed E-state index contributed by atoms with van der Waals surface area (Å²) in [6.45, 7) is 4.09. The number of rotatable bonds is 5. The van der Waals surface area contributed by atoms with Gasteiger partial charge in [-0.05, 0) is 50.4 Å². The van der Waals surface area contributed by atoms with E-state index in [0.717, 1.165) is 63.1 Å². The SMILES string of the molecule is CN1CCN(C(=O)c2cc(Cl)c(NC(=O)C3CC3)cc2N2CCCC2)[C@@H](c2ccccc2)C1. The molecular formula is C26H31ClN4O2. The fraction of sp³-hybridized carbons (Fsp3) is 0.462. The number of likely N-dealkylation sites (N-methyl/N-ethyl adjacent to an activating group) is 1. The number of nitrogens with one attached hydrogen (secondary N) is 1. The molecule has 2 heterocycles. The second-order valence-electron chi connectivity index (χ2n) is 9.49. The molecule has 33 heavy (non-hydrogen) atoms. The van der Waals surface area contributed by atoms with E-state index in [9.17, 15) is 9.59 Å². The lowest BCUT2D eigenvalue weighted by molar-refractivity contribution is -0.117. The lowest BCUT2D eigenvalue weighted by Crippen LogP contribution is -2.49. The van der Waals surface area contributed by atoms with Crippen LogP contribution in [0.2, 0.25) is 5.02 Å². The number of carbonyl (C=O) groups excluding carboxylic acids is 2. The number of piperazine rings is 1. The predicted octanol–water partition coefficient (Wildman–Crippen LogP) is 4.42. The quantitative estimate of drug-likeness (QED) is 0.708.